The summed E-state index contributed by atoms with van der Waals surface area (Å²) in [4.78, 5) is 25.0. The molecule has 0 aliphatic carbocycles. The number of carbonyl (C=O) groups excluding carboxylic acids is 2. The Bertz CT molecular complexity index is 1390. The van der Waals surface area contributed by atoms with Crippen molar-refractivity contribution in [1.82, 2.24) is 0 Å². The number of rotatable bonds is 7. The molecule has 0 saturated carbocycles. The molecule has 9 heteroatoms. The van der Waals surface area contributed by atoms with Gasteiger partial charge in [0.2, 0.25) is 0 Å². The molecule has 0 bridgehead atoms. The highest BCUT2D eigenvalue weighted by molar-refractivity contribution is 9.11. The van der Waals surface area contributed by atoms with Crippen LogP contribution in [0.2, 0.25) is 5.02 Å². The SMILES string of the molecule is Cc1ccc(NC(=O)/C(C#N)=C/c2cc(Br)c(OCC(=O)Nc3ccc(C)c(Cl)c3)c(Br)c2)c(C)c1. The zero-order chi connectivity index (χ0) is 26.4. The topological polar surface area (TPSA) is 91.2 Å². The molecule has 184 valence electrons. The third-order valence-electron chi connectivity index (χ3n) is 5.13. The summed E-state index contributed by atoms with van der Waals surface area (Å²) in [6.45, 7) is 5.50. The molecular weight excluding hydrogens is 610 g/mol. The van der Waals surface area contributed by atoms with E-state index in [9.17, 15) is 14.9 Å². The molecule has 0 spiro atoms. The lowest BCUT2D eigenvalue weighted by Crippen LogP contribution is -2.20. The first-order chi connectivity index (χ1) is 17.1. The van der Waals surface area contributed by atoms with Gasteiger partial charge < -0.3 is 15.4 Å². The summed E-state index contributed by atoms with van der Waals surface area (Å²) in [7, 11) is 0. The van der Waals surface area contributed by atoms with Gasteiger partial charge in [-0.05, 0) is 106 Å². The van der Waals surface area contributed by atoms with Crippen LogP contribution in [0.15, 0.2) is 63.0 Å². The number of hydrogen-bond donors (Lipinski definition) is 2. The summed E-state index contributed by atoms with van der Waals surface area (Å²) in [5.41, 5.74) is 4.64. The largest absolute Gasteiger partial charge is 0.481 e. The van der Waals surface area contributed by atoms with Crippen molar-refractivity contribution >= 4 is 72.7 Å². The van der Waals surface area contributed by atoms with Crippen molar-refractivity contribution in [3.63, 3.8) is 0 Å². The Kier molecular flexibility index (Phi) is 9.32. The average Bonchev–Trinajstić information content (AvgIpc) is 2.81. The Morgan fingerprint density at radius 1 is 1.00 bits per heavy atom. The number of amides is 2. The first-order valence-electron chi connectivity index (χ1n) is 10.8. The Balaban J connectivity index is 1.70. The zero-order valence-electron chi connectivity index (χ0n) is 19.7. The summed E-state index contributed by atoms with van der Waals surface area (Å²) >= 11 is 13.0. The molecule has 3 rings (SSSR count). The molecule has 0 atom stereocenters. The van der Waals surface area contributed by atoms with E-state index in [1.807, 2.05) is 45.0 Å². The fourth-order valence-corrected chi connectivity index (χ4v) is 4.90. The van der Waals surface area contributed by atoms with E-state index in [4.69, 9.17) is 16.3 Å². The van der Waals surface area contributed by atoms with Crippen LogP contribution in [-0.2, 0) is 9.59 Å². The highest BCUT2D eigenvalue weighted by Gasteiger charge is 2.15. The third kappa shape index (κ3) is 7.20. The molecule has 0 aliphatic heterocycles. The van der Waals surface area contributed by atoms with Crippen molar-refractivity contribution in [2.45, 2.75) is 20.8 Å². The molecular formula is C27H22Br2ClN3O3. The predicted octanol–water partition coefficient (Wildman–Crippen LogP) is 7.35. The van der Waals surface area contributed by atoms with Crippen molar-refractivity contribution in [2.75, 3.05) is 17.2 Å². The van der Waals surface area contributed by atoms with Crippen LogP contribution in [0.25, 0.3) is 6.08 Å². The Morgan fingerprint density at radius 3 is 2.31 bits per heavy atom. The van der Waals surface area contributed by atoms with Crippen LogP contribution < -0.4 is 15.4 Å². The molecule has 3 aromatic carbocycles. The van der Waals surface area contributed by atoms with E-state index in [-0.39, 0.29) is 18.1 Å². The van der Waals surface area contributed by atoms with Gasteiger partial charge in [-0.3, -0.25) is 9.59 Å². The predicted molar refractivity (Wildman–Crippen MR) is 150 cm³/mol. The summed E-state index contributed by atoms with van der Waals surface area (Å²) in [6, 6.07) is 16.2. The van der Waals surface area contributed by atoms with E-state index in [1.165, 1.54) is 6.08 Å². The first kappa shape index (κ1) is 27.5. The van der Waals surface area contributed by atoms with E-state index in [0.29, 0.717) is 36.7 Å². The lowest BCUT2D eigenvalue weighted by Gasteiger charge is -2.12. The fraction of sp³-hybridized carbons (Fsp3) is 0.148. The minimum absolute atomic E-state index is 0.0569. The Hall–Kier alpha value is -3.12. The van der Waals surface area contributed by atoms with Crippen LogP contribution in [0.1, 0.15) is 22.3 Å². The summed E-state index contributed by atoms with van der Waals surface area (Å²) in [6.07, 6.45) is 1.48. The first-order valence-corrected chi connectivity index (χ1v) is 12.7. The van der Waals surface area contributed by atoms with Gasteiger partial charge in [0.05, 0.1) is 8.95 Å². The molecule has 0 unspecified atom stereocenters. The van der Waals surface area contributed by atoms with Crippen LogP contribution in [0.3, 0.4) is 0 Å². The van der Waals surface area contributed by atoms with Crippen LogP contribution in [0.4, 0.5) is 11.4 Å². The van der Waals surface area contributed by atoms with E-state index in [2.05, 4.69) is 42.5 Å². The van der Waals surface area contributed by atoms with Gasteiger partial charge in [-0.1, -0.05) is 35.4 Å². The smallest absolute Gasteiger partial charge is 0.266 e. The molecule has 0 heterocycles. The zero-order valence-corrected chi connectivity index (χ0v) is 23.6. The van der Waals surface area contributed by atoms with Crippen molar-refractivity contribution in [3.05, 3.63) is 90.3 Å². The molecule has 2 amide bonds. The van der Waals surface area contributed by atoms with Crippen LogP contribution in [0, 0.1) is 32.1 Å². The molecule has 6 nitrogen and oxygen atoms in total. The fourth-order valence-electron chi connectivity index (χ4n) is 3.26. The second-order valence-electron chi connectivity index (χ2n) is 8.06. The molecule has 2 N–H and O–H groups in total. The maximum atomic E-state index is 12.7. The van der Waals surface area contributed by atoms with Gasteiger partial charge in [0.25, 0.3) is 11.8 Å². The maximum absolute atomic E-state index is 12.7. The maximum Gasteiger partial charge on any atom is 0.266 e. The van der Waals surface area contributed by atoms with Crippen LogP contribution in [0.5, 0.6) is 5.75 Å². The van der Waals surface area contributed by atoms with Crippen LogP contribution >= 0.6 is 43.5 Å². The Labute approximate surface area is 231 Å². The summed E-state index contributed by atoms with van der Waals surface area (Å²) < 4.78 is 6.77. The molecule has 3 aromatic rings. The Morgan fingerprint density at radius 2 is 1.69 bits per heavy atom. The molecule has 0 fully saturated rings. The molecule has 0 aromatic heterocycles. The number of nitrogens with zero attached hydrogens (tertiary/aromatic N) is 1. The second kappa shape index (κ2) is 12.2. The lowest BCUT2D eigenvalue weighted by molar-refractivity contribution is -0.118. The normalized spacial score (nSPS) is 11.0. The van der Waals surface area contributed by atoms with Crippen LogP contribution in [-0.4, -0.2) is 18.4 Å². The van der Waals surface area contributed by atoms with Crippen molar-refractivity contribution in [3.8, 4) is 11.8 Å². The van der Waals surface area contributed by atoms with Crippen molar-refractivity contribution in [1.29, 1.82) is 5.26 Å². The monoisotopic (exact) mass is 629 g/mol. The quantitative estimate of drug-likeness (QED) is 0.211. The second-order valence-corrected chi connectivity index (χ2v) is 10.2. The van der Waals surface area contributed by atoms with E-state index in [1.54, 1.807) is 30.3 Å². The standard InChI is InChI=1S/C27H22Br2ClN3O3/c1-15-4-7-24(17(3)8-15)33-27(35)19(13-31)9-18-10-21(28)26(22(29)11-18)36-14-25(34)32-20-6-5-16(2)23(30)12-20/h4-12H,14H2,1-3H3,(H,32,34)(H,33,35)/b19-9+. The third-order valence-corrected chi connectivity index (χ3v) is 6.72. The van der Waals surface area contributed by atoms with Gasteiger partial charge in [0, 0.05) is 16.4 Å². The van der Waals surface area contributed by atoms with Gasteiger partial charge in [-0.15, -0.1) is 0 Å². The van der Waals surface area contributed by atoms with Gasteiger partial charge in [0.1, 0.15) is 17.4 Å². The number of halogens is 3. The van der Waals surface area contributed by atoms with E-state index < -0.39 is 5.91 Å². The number of anilines is 2. The van der Waals surface area contributed by atoms with Gasteiger partial charge in [-0.2, -0.15) is 5.26 Å². The molecule has 36 heavy (non-hydrogen) atoms. The number of carbonyl (C=O) groups is 2. The summed E-state index contributed by atoms with van der Waals surface area (Å²) in [5, 5.41) is 15.6. The van der Waals surface area contributed by atoms with Crippen molar-refractivity contribution < 1.29 is 14.3 Å². The average molecular weight is 632 g/mol. The number of ether oxygens (including phenoxy) is 1. The van der Waals surface area contributed by atoms with E-state index >= 15 is 0 Å². The molecule has 0 saturated heterocycles. The van der Waals surface area contributed by atoms with E-state index in [0.717, 1.165) is 16.7 Å². The highest BCUT2D eigenvalue weighted by Crippen LogP contribution is 2.35. The minimum atomic E-state index is -0.509. The number of nitriles is 1. The van der Waals surface area contributed by atoms with Gasteiger partial charge >= 0.3 is 0 Å². The lowest BCUT2D eigenvalue weighted by atomic mass is 10.1. The van der Waals surface area contributed by atoms with Crippen molar-refractivity contribution in [2.24, 2.45) is 0 Å². The number of hydrogen-bond acceptors (Lipinski definition) is 4. The number of benzene rings is 3. The summed E-state index contributed by atoms with van der Waals surface area (Å²) in [5.74, 6) is -0.458. The number of aryl methyl sites for hydroxylation is 3. The highest BCUT2D eigenvalue weighted by atomic mass is 79.9. The minimum Gasteiger partial charge on any atom is -0.481 e. The molecule has 0 aliphatic rings. The van der Waals surface area contributed by atoms with Gasteiger partial charge in [-0.25, -0.2) is 0 Å². The number of nitrogens with one attached hydrogen (secondary N) is 2. The van der Waals surface area contributed by atoms with Gasteiger partial charge in [0.15, 0.2) is 6.61 Å². The molecule has 0 radical (unpaired) electrons.